The highest BCUT2D eigenvalue weighted by molar-refractivity contribution is 5.42. The molecule has 1 atom stereocenters. The van der Waals surface area contributed by atoms with Gasteiger partial charge in [-0.05, 0) is 43.4 Å². The van der Waals surface area contributed by atoms with Crippen molar-refractivity contribution in [2.45, 2.75) is 39.2 Å². The molecule has 0 spiro atoms. The van der Waals surface area contributed by atoms with Gasteiger partial charge in [-0.1, -0.05) is 13.3 Å². The van der Waals surface area contributed by atoms with Crippen molar-refractivity contribution in [2.75, 3.05) is 20.8 Å². The molecule has 2 rings (SSSR count). The molecule has 1 saturated carbocycles. The van der Waals surface area contributed by atoms with E-state index in [2.05, 4.69) is 25.2 Å². The maximum Gasteiger partial charge on any atom is 0.123 e. The molecule has 19 heavy (non-hydrogen) atoms. The molecule has 1 N–H and O–H groups in total. The van der Waals surface area contributed by atoms with E-state index in [1.165, 1.54) is 19.3 Å². The van der Waals surface area contributed by atoms with Crippen molar-refractivity contribution in [1.29, 1.82) is 0 Å². The summed E-state index contributed by atoms with van der Waals surface area (Å²) in [5.41, 5.74) is 1.64. The molecule has 0 amide bonds. The van der Waals surface area contributed by atoms with E-state index >= 15 is 0 Å². The van der Waals surface area contributed by atoms with Crippen LogP contribution in [0.15, 0.2) is 18.2 Å². The average Bonchev–Trinajstić information content (AvgIpc) is 2.41. The minimum absolute atomic E-state index is 0.266. The molecule has 0 bridgehead atoms. The van der Waals surface area contributed by atoms with Crippen LogP contribution in [0.5, 0.6) is 11.5 Å². The van der Waals surface area contributed by atoms with Crippen molar-refractivity contribution in [3.05, 3.63) is 23.8 Å². The van der Waals surface area contributed by atoms with Gasteiger partial charge in [0, 0.05) is 18.2 Å². The summed E-state index contributed by atoms with van der Waals surface area (Å²) >= 11 is 0. The molecule has 0 radical (unpaired) electrons. The molecule has 1 aromatic carbocycles. The maximum absolute atomic E-state index is 5.44. The van der Waals surface area contributed by atoms with E-state index in [1.807, 2.05) is 12.1 Å². The lowest BCUT2D eigenvalue weighted by Crippen LogP contribution is -2.38. The summed E-state index contributed by atoms with van der Waals surface area (Å²) < 4.78 is 10.7. The van der Waals surface area contributed by atoms with Crippen molar-refractivity contribution in [3.63, 3.8) is 0 Å². The molecule has 1 fully saturated rings. The van der Waals surface area contributed by atoms with Crippen LogP contribution in [0.3, 0.4) is 0 Å². The first-order chi connectivity index (χ1) is 9.08. The predicted octanol–water partition coefficient (Wildman–Crippen LogP) is 3.54. The Morgan fingerprint density at radius 3 is 2.53 bits per heavy atom. The van der Waals surface area contributed by atoms with Crippen LogP contribution in [-0.4, -0.2) is 20.8 Å². The van der Waals surface area contributed by atoms with E-state index in [0.29, 0.717) is 5.41 Å². The first-order valence-electron chi connectivity index (χ1n) is 7.03. The van der Waals surface area contributed by atoms with Crippen LogP contribution < -0.4 is 14.8 Å². The minimum atomic E-state index is 0.266. The lowest BCUT2D eigenvalue weighted by atomic mass is 9.70. The fraction of sp³-hybridized carbons (Fsp3) is 0.625. The zero-order valence-corrected chi connectivity index (χ0v) is 12.5. The molecule has 0 saturated heterocycles. The fourth-order valence-corrected chi connectivity index (χ4v) is 2.64. The monoisotopic (exact) mass is 263 g/mol. The molecule has 1 unspecified atom stereocenters. The summed E-state index contributed by atoms with van der Waals surface area (Å²) in [7, 11) is 3.41. The standard InChI is InChI=1S/C16H25NO2/c1-12(17-11-16(2)8-5-9-16)14-10-13(18-3)6-7-15(14)19-4/h6-7,10,12,17H,5,8-9,11H2,1-4H3. The van der Waals surface area contributed by atoms with Gasteiger partial charge < -0.3 is 14.8 Å². The Kier molecular flexibility index (Phi) is 4.35. The van der Waals surface area contributed by atoms with E-state index < -0.39 is 0 Å². The highest BCUT2D eigenvalue weighted by Crippen LogP contribution is 2.40. The van der Waals surface area contributed by atoms with Gasteiger partial charge in [0.05, 0.1) is 14.2 Å². The number of rotatable bonds is 6. The van der Waals surface area contributed by atoms with Crippen molar-refractivity contribution >= 4 is 0 Å². The second kappa shape index (κ2) is 5.83. The molecular formula is C16H25NO2. The quantitative estimate of drug-likeness (QED) is 0.851. The highest BCUT2D eigenvalue weighted by Gasteiger charge is 2.31. The Hall–Kier alpha value is -1.22. The number of nitrogens with one attached hydrogen (secondary N) is 1. The van der Waals surface area contributed by atoms with Gasteiger partial charge in [-0.25, -0.2) is 0 Å². The molecule has 0 aromatic heterocycles. The van der Waals surface area contributed by atoms with Crippen LogP contribution in [-0.2, 0) is 0 Å². The van der Waals surface area contributed by atoms with E-state index in [9.17, 15) is 0 Å². The molecule has 1 aliphatic carbocycles. The summed E-state index contributed by atoms with van der Waals surface area (Å²) in [6.07, 6.45) is 4.04. The largest absolute Gasteiger partial charge is 0.497 e. The van der Waals surface area contributed by atoms with Gasteiger partial charge in [-0.15, -0.1) is 0 Å². The average molecular weight is 263 g/mol. The third kappa shape index (κ3) is 3.21. The normalized spacial score (nSPS) is 18.5. The van der Waals surface area contributed by atoms with Gasteiger partial charge in [0.25, 0.3) is 0 Å². The third-order valence-corrected chi connectivity index (χ3v) is 4.30. The smallest absolute Gasteiger partial charge is 0.123 e. The summed E-state index contributed by atoms with van der Waals surface area (Å²) in [6.45, 7) is 5.60. The number of ether oxygens (including phenoxy) is 2. The molecule has 1 aromatic rings. The first kappa shape index (κ1) is 14.2. The molecule has 106 valence electrons. The van der Waals surface area contributed by atoms with Gasteiger partial charge in [-0.3, -0.25) is 0 Å². The van der Waals surface area contributed by atoms with Gasteiger partial charge in [0.2, 0.25) is 0 Å². The first-order valence-corrected chi connectivity index (χ1v) is 7.03. The van der Waals surface area contributed by atoms with Crippen LogP contribution in [0.2, 0.25) is 0 Å². The van der Waals surface area contributed by atoms with E-state index in [0.717, 1.165) is 23.6 Å². The molecule has 0 aliphatic heterocycles. The predicted molar refractivity (Wildman–Crippen MR) is 77.9 cm³/mol. The van der Waals surface area contributed by atoms with Gasteiger partial charge in [0.1, 0.15) is 11.5 Å². The second-order valence-corrected chi connectivity index (χ2v) is 5.87. The number of hydrogen-bond acceptors (Lipinski definition) is 3. The summed E-state index contributed by atoms with van der Waals surface area (Å²) in [5, 5.41) is 3.63. The maximum atomic E-state index is 5.44. The van der Waals surface area contributed by atoms with Crippen molar-refractivity contribution < 1.29 is 9.47 Å². The Balaban J connectivity index is 2.06. The Bertz CT molecular complexity index is 427. The zero-order chi connectivity index (χ0) is 13.9. The van der Waals surface area contributed by atoms with E-state index in [-0.39, 0.29) is 6.04 Å². The van der Waals surface area contributed by atoms with Crippen LogP contribution in [0.1, 0.15) is 44.7 Å². The summed E-state index contributed by atoms with van der Waals surface area (Å²) in [4.78, 5) is 0. The third-order valence-electron chi connectivity index (χ3n) is 4.30. The Morgan fingerprint density at radius 1 is 1.26 bits per heavy atom. The molecule has 3 heteroatoms. The highest BCUT2D eigenvalue weighted by atomic mass is 16.5. The second-order valence-electron chi connectivity index (χ2n) is 5.87. The van der Waals surface area contributed by atoms with Crippen LogP contribution in [0, 0.1) is 5.41 Å². The lowest BCUT2D eigenvalue weighted by molar-refractivity contribution is 0.151. The van der Waals surface area contributed by atoms with Crippen LogP contribution >= 0.6 is 0 Å². The topological polar surface area (TPSA) is 30.5 Å². The van der Waals surface area contributed by atoms with Gasteiger partial charge >= 0.3 is 0 Å². The number of hydrogen-bond donors (Lipinski definition) is 1. The van der Waals surface area contributed by atoms with Gasteiger partial charge in [0.15, 0.2) is 0 Å². The minimum Gasteiger partial charge on any atom is -0.497 e. The van der Waals surface area contributed by atoms with E-state index in [1.54, 1.807) is 14.2 Å². The van der Waals surface area contributed by atoms with E-state index in [4.69, 9.17) is 9.47 Å². The molecular weight excluding hydrogens is 238 g/mol. The number of benzene rings is 1. The van der Waals surface area contributed by atoms with Gasteiger partial charge in [-0.2, -0.15) is 0 Å². The molecule has 0 heterocycles. The zero-order valence-electron chi connectivity index (χ0n) is 12.5. The Labute approximate surface area is 116 Å². The molecule has 3 nitrogen and oxygen atoms in total. The van der Waals surface area contributed by atoms with Crippen molar-refractivity contribution in [2.24, 2.45) is 5.41 Å². The molecule has 1 aliphatic rings. The summed E-state index contributed by atoms with van der Waals surface area (Å²) in [6, 6.07) is 6.22. The van der Waals surface area contributed by atoms with Crippen molar-refractivity contribution in [1.82, 2.24) is 5.32 Å². The Morgan fingerprint density at radius 2 is 2.00 bits per heavy atom. The van der Waals surface area contributed by atoms with Crippen molar-refractivity contribution in [3.8, 4) is 11.5 Å². The summed E-state index contributed by atoms with van der Waals surface area (Å²) in [5.74, 6) is 1.79. The van der Waals surface area contributed by atoms with Crippen LogP contribution in [0.4, 0.5) is 0 Å². The van der Waals surface area contributed by atoms with Crippen LogP contribution in [0.25, 0.3) is 0 Å². The SMILES string of the molecule is COc1ccc(OC)c(C(C)NCC2(C)CCC2)c1. The lowest BCUT2D eigenvalue weighted by Gasteiger charge is -2.39. The fourth-order valence-electron chi connectivity index (χ4n) is 2.64. The number of methoxy groups -OCH3 is 2.